The molecule has 0 saturated heterocycles. The van der Waals surface area contributed by atoms with Crippen LogP contribution in [-0.4, -0.2) is 46.1 Å². The van der Waals surface area contributed by atoms with Gasteiger partial charge in [0.2, 0.25) is 5.91 Å². The molecule has 384 valence electrons. The molecule has 0 aliphatic heterocycles. The highest BCUT2D eigenvalue weighted by Crippen LogP contribution is 2.17. The second-order valence-corrected chi connectivity index (χ2v) is 20.2. The van der Waals surface area contributed by atoms with Crippen molar-refractivity contribution in [3.05, 3.63) is 36.5 Å². The molecule has 0 fully saturated rings. The van der Waals surface area contributed by atoms with Crippen LogP contribution < -0.4 is 5.32 Å². The molecule has 0 spiro atoms. The minimum Gasteiger partial charge on any atom is -0.394 e. The van der Waals surface area contributed by atoms with E-state index in [9.17, 15) is 20.1 Å². The van der Waals surface area contributed by atoms with E-state index >= 15 is 0 Å². The fourth-order valence-corrected chi connectivity index (χ4v) is 9.18. The normalized spacial score (nSPS) is 13.5. The predicted octanol–water partition coefficient (Wildman–Crippen LogP) is 18.2. The molecule has 0 aliphatic carbocycles. The SMILES string of the molecule is CCCCCCCCCCCCCC/C=C\CCCCCCCCCCCCCC(=O)NC(CO)C(O)C(O)CCC/C=C/CC/C=C/CCCCCCCCCCCCCCCCC. The lowest BCUT2D eigenvalue weighted by atomic mass is 10.0. The van der Waals surface area contributed by atoms with E-state index in [0.717, 1.165) is 44.9 Å². The molecule has 0 heterocycles. The Balaban J connectivity index is 3.58. The highest BCUT2D eigenvalue weighted by molar-refractivity contribution is 5.76. The van der Waals surface area contributed by atoms with Crippen LogP contribution in [0.5, 0.6) is 0 Å². The fourth-order valence-electron chi connectivity index (χ4n) is 9.18. The van der Waals surface area contributed by atoms with Crippen molar-refractivity contribution in [2.45, 2.75) is 334 Å². The maximum atomic E-state index is 12.5. The molecule has 0 aromatic heterocycles. The van der Waals surface area contributed by atoms with Crippen LogP contribution in [0.2, 0.25) is 0 Å². The maximum Gasteiger partial charge on any atom is 0.220 e. The summed E-state index contributed by atoms with van der Waals surface area (Å²) >= 11 is 0. The van der Waals surface area contributed by atoms with Gasteiger partial charge in [0.1, 0.15) is 6.10 Å². The molecular formula is C60H115NO4. The third kappa shape index (κ3) is 50.3. The van der Waals surface area contributed by atoms with Gasteiger partial charge in [-0.1, -0.05) is 269 Å². The first-order chi connectivity index (χ1) is 32.1. The van der Waals surface area contributed by atoms with Gasteiger partial charge in [-0.05, 0) is 77.0 Å². The summed E-state index contributed by atoms with van der Waals surface area (Å²) in [6.45, 7) is 4.20. The molecule has 0 rings (SSSR count). The number of carbonyl (C=O) groups is 1. The van der Waals surface area contributed by atoms with Gasteiger partial charge in [-0.25, -0.2) is 0 Å². The van der Waals surface area contributed by atoms with E-state index < -0.39 is 18.2 Å². The van der Waals surface area contributed by atoms with Crippen LogP contribution in [0, 0.1) is 0 Å². The minimum atomic E-state index is -1.17. The van der Waals surface area contributed by atoms with E-state index in [1.807, 2.05) is 0 Å². The molecule has 0 aromatic rings. The van der Waals surface area contributed by atoms with Crippen LogP contribution >= 0.6 is 0 Å². The number of hydrogen-bond acceptors (Lipinski definition) is 4. The van der Waals surface area contributed by atoms with Crippen molar-refractivity contribution < 1.29 is 20.1 Å². The summed E-state index contributed by atoms with van der Waals surface area (Å²) < 4.78 is 0. The van der Waals surface area contributed by atoms with Gasteiger partial charge in [-0.15, -0.1) is 0 Å². The largest absolute Gasteiger partial charge is 0.394 e. The van der Waals surface area contributed by atoms with E-state index in [2.05, 4.69) is 55.6 Å². The fraction of sp³-hybridized carbons (Fsp3) is 0.883. The molecule has 0 aromatic carbocycles. The van der Waals surface area contributed by atoms with Crippen LogP contribution in [-0.2, 0) is 4.79 Å². The van der Waals surface area contributed by atoms with Gasteiger partial charge in [-0.2, -0.15) is 0 Å². The predicted molar refractivity (Wildman–Crippen MR) is 287 cm³/mol. The number of amides is 1. The van der Waals surface area contributed by atoms with Crippen molar-refractivity contribution in [3.8, 4) is 0 Å². The number of hydrogen-bond donors (Lipinski definition) is 4. The lowest BCUT2D eigenvalue weighted by Gasteiger charge is -2.26. The summed E-state index contributed by atoms with van der Waals surface area (Å²) in [5.74, 6) is -0.155. The van der Waals surface area contributed by atoms with Gasteiger partial charge in [0.25, 0.3) is 0 Å². The third-order valence-electron chi connectivity index (χ3n) is 13.7. The summed E-state index contributed by atoms with van der Waals surface area (Å²) in [4.78, 5) is 12.5. The second-order valence-electron chi connectivity index (χ2n) is 20.2. The van der Waals surface area contributed by atoms with Crippen LogP contribution in [0.1, 0.15) is 316 Å². The van der Waals surface area contributed by atoms with Crippen molar-refractivity contribution in [2.75, 3.05) is 6.61 Å². The molecule has 0 bridgehead atoms. The van der Waals surface area contributed by atoms with Crippen molar-refractivity contribution in [1.82, 2.24) is 5.32 Å². The van der Waals surface area contributed by atoms with E-state index in [1.165, 1.54) is 244 Å². The van der Waals surface area contributed by atoms with Crippen LogP contribution in [0.4, 0.5) is 0 Å². The van der Waals surface area contributed by atoms with Crippen molar-refractivity contribution in [3.63, 3.8) is 0 Å². The highest BCUT2D eigenvalue weighted by atomic mass is 16.3. The molecule has 3 unspecified atom stereocenters. The average Bonchev–Trinajstić information content (AvgIpc) is 3.31. The van der Waals surface area contributed by atoms with Crippen molar-refractivity contribution >= 4 is 5.91 Å². The first-order valence-corrected chi connectivity index (χ1v) is 29.3. The lowest BCUT2D eigenvalue weighted by molar-refractivity contribution is -0.124. The van der Waals surface area contributed by atoms with Gasteiger partial charge in [0.15, 0.2) is 0 Å². The molecule has 0 saturated carbocycles. The molecule has 0 aliphatic rings. The first-order valence-electron chi connectivity index (χ1n) is 29.3. The molecule has 65 heavy (non-hydrogen) atoms. The number of allylic oxidation sites excluding steroid dienone is 6. The summed E-state index contributed by atoms with van der Waals surface area (Å²) in [6.07, 6.45) is 71.7. The van der Waals surface area contributed by atoms with Gasteiger partial charge < -0.3 is 20.6 Å². The van der Waals surface area contributed by atoms with Crippen LogP contribution in [0.3, 0.4) is 0 Å². The molecule has 5 nitrogen and oxygen atoms in total. The number of aliphatic hydroxyl groups excluding tert-OH is 3. The minimum absolute atomic E-state index is 0.155. The quantitative estimate of drug-likeness (QED) is 0.0361. The Bertz CT molecular complexity index is 1010. The van der Waals surface area contributed by atoms with Gasteiger partial charge in [-0.3, -0.25) is 4.79 Å². The Morgan fingerprint density at radius 3 is 0.938 bits per heavy atom. The Kier molecular flexibility index (Phi) is 54.0. The van der Waals surface area contributed by atoms with Gasteiger partial charge >= 0.3 is 0 Å². The standard InChI is InChI=1S/C60H115NO4/c1-3-5-7-9-11-13-15-17-19-21-23-25-27-29-30-31-33-35-37-39-41-43-45-47-49-51-53-55-59(64)61-57(56-62)60(65)58(63)54-52-50-48-46-44-42-40-38-36-34-32-28-26-24-22-20-18-16-14-12-10-8-6-4-2/h29-30,38,40,46,48,57-58,60,62-63,65H,3-28,31-37,39,41-45,47,49-56H2,1-2H3,(H,61,64)/b30-29-,40-38+,48-46+. The number of carbonyl (C=O) groups excluding carboxylic acids is 1. The first kappa shape index (κ1) is 63.6. The highest BCUT2D eigenvalue weighted by Gasteiger charge is 2.26. The number of nitrogens with one attached hydrogen (secondary N) is 1. The number of aliphatic hydroxyl groups is 3. The Morgan fingerprint density at radius 2 is 0.631 bits per heavy atom. The summed E-state index contributed by atoms with van der Waals surface area (Å²) in [7, 11) is 0. The molecule has 0 radical (unpaired) electrons. The zero-order valence-electron chi connectivity index (χ0n) is 43.9. The Hall–Kier alpha value is -1.43. The van der Waals surface area contributed by atoms with Crippen molar-refractivity contribution in [2.24, 2.45) is 0 Å². The molecule has 4 N–H and O–H groups in total. The lowest BCUT2D eigenvalue weighted by Crippen LogP contribution is -2.50. The van der Waals surface area contributed by atoms with Gasteiger partial charge in [0.05, 0.1) is 18.8 Å². The van der Waals surface area contributed by atoms with Crippen LogP contribution in [0.25, 0.3) is 0 Å². The van der Waals surface area contributed by atoms with E-state index in [4.69, 9.17) is 0 Å². The number of unbranched alkanes of at least 4 members (excludes halogenated alkanes) is 40. The van der Waals surface area contributed by atoms with Crippen molar-refractivity contribution in [1.29, 1.82) is 0 Å². The Labute approximate surface area is 406 Å². The summed E-state index contributed by atoms with van der Waals surface area (Å²) in [6, 6.07) is -0.834. The zero-order valence-corrected chi connectivity index (χ0v) is 43.9. The molecule has 1 amide bonds. The number of rotatable bonds is 54. The smallest absolute Gasteiger partial charge is 0.220 e. The summed E-state index contributed by atoms with van der Waals surface area (Å²) in [5.41, 5.74) is 0. The molecular weight excluding hydrogens is 799 g/mol. The zero-order chi connectivity index (χ0) is 47.2. The topological polar surface area (TPSA) is 89.8 Å². The van der Waals surface area contributed by atoms with E-state index in [0.29, 0.717) is 12.8 Å². The summed E-state index contributed by atoms with van der Waals surface area (Å²) in [5, 5.41) is 33.8. The monoisotopic (exact) mass is 914 g/mol. The van der Waals surface area contributed by atoms with E-state index in [-0.39, 0.29) is 12.5 Å². The maximum absolute atomic E-state index is 12.5. The van der Waals surface area contributed by atoms with Gasteiger partial charge in [0, 0.05) is 6.42 Å². The van der Waals surface area contributed by atoms with Crippen LogP contribution in [0.15, 0.2) is 36.5 Å². The Morgan fingerprint density at radius 1 is 0.369 bits per heavy atom. The molecule has 3 atom stereocenters. The van der Waals surface area contributed by atoms with E-state index in [1.54, 1.807) is 0 Å². The second kappa shape index (κ2) is 55.2. The third-order valence-corrected chi connectivity index (χ3v) is 13.7. The molecule has 5 heteroatoms. The average molecular weight is 915 g/mol.